The molecule has 0 spiro atoms. The zero-order chi connectivity index (χ0) is 17.1. The molecule has 1 N–H and O–H groups in total. The highest BCUT2D eigenvalue weighted by atomic mass is 19.2. The number of ketones is 1. The second-order valence-corrected chi connectivity index (χ2v) is 4.65. The quantitative estimate of drug-likeness (QED) is 0.691. The van der Waals surface area contributed by atoms with Gasteiger partial charge in [-0.3, -0.25) is 9.59 Å². The molecule has 0 bridgehead atoms. The Hall–Kier alpha value is -2.83. The van der Waals surface area contributed by atoms with Gasteiger partial charge in [0.15, 0.2) is 23.2 Å². The van der Waals surface area contributed by atoms with Gasteiger partial charge in [-0.1, -0.05) is 0 Å². The van der Waals surface area contributed by atoms with Crippen molar-refractivity contribution in [1.29, 1.82) is 0 Å². The lowest BCUT2D eigenvalue weighted by atomic mass is 10.1. The fraction of sp³-hybridized carbons (Fsp3) is 0.125. The van der Waals surface area contributed by atoms with Crippen LogP contribution in [0.5, 0.6) is 5.75 Å². The van der Waals surface area contributed by atoms with Crippen molar-refractivity contribution in [3.05, 3.63) is 58.9 Å². The molecule has 0 fully saturated rings. The number of ether oxygens (including phenoxy) is 1. The van der Waals surface area contributed by atoms with Crippen molar-refractivity contribution < 1.29 is 27.5 Å². The molecule has 0 saturated carbocycles. The zero-order valence-corrected chi connectivity index (χ0v) is 12.2. The minimum Gasteiger partial charge on any atom is -0.495 e. The fourth-order valence-corrected chi connectivity index (χ4v) is 1.92. The van der Waals surface area contributed by atoms with E-state index in [-0.39, 0.29) is 17.2 Å². The minimum atomic E-state index is -1.73. The van der Waals surface area contributed by atoms with E-state index in [4.69, 9.17) is 4.74 Å². The molecule has 0 aliphatic heterocycles. The molecule has 0 aromatic heterocycles. The lowest BCUT2D eigenvalue weighted by Gasteiger charge is -2.12. The second kappa shape index (κ2) is 6.51. The van der Waals surface area contributed by atoms with Crippen LogP contribution in [0.25, 0.3) is 0 Å². The Kier molecular flexibility index (Phi) is 4.68. The number of halogens is 3. The average molecular weight is 323 g/mol. The summed E-state index contributed by atoms with van der Waals surface area (Å²) in [4.78, 5) is 23.5. The summed E-state index contributed by atoms with van der Waals surface area (Å²) in [6.07, 6.45) is 0. The summed E-state index contributed by atoms with van der Waals surface area (Å²) in [5.74, 6) is -5.74. The van der Waals surface area contributed by atoms with Gasteiger partial charge in [-0.05, 0) is 37.3 Å². The van der Waals surface area contributed by atoms with Gasteiger partial charge in [0.05, 0.1) is 18.4 Å². The van der Waals surface area contributed by atoms with Crippen molar-refractivity contribution >= 4 is 17.4 Å². The highest BCUT2D eigenvalue weighted by Crippen LogP contribution is 2.27. The standard InChI is InChI=1S/C16H12F3NO3/c1-8(21)9-3-6-13(23-2)12(7-9)20-16(22)10-4-5-11(17)15(19)14(10)18/h3-7H,1-2H3,(H,20,22). The number of nitrogens with one attached hydrogen (secondary N) is 1. The number of hydrogen-bond acceptors (Lipinski definition) is 3. The van der Waals surface area contributed by atoms with Gasteiger partial charge >= 0.3 is 0 Å². The molecule has 0 saturated heterocycles. The van der Waals surface area contributed by atoms with Crippen LogP contribution in [0.3, 0.4) is 0 Å². The first-order valence-electron chi connectivity index (χ1n) is 6.49. The molecule has 0 unspecified atom stereocenters. The molecular weight excluding hydrogens is 311 g/mol. The number of amides is 1. The molecule has 0 aliphatic rings. The maximum absolute atomic E-state index is 13.6. The van der Waals surface area contributed by atoms with Crippen LogP contribution in [-0.2, 0) is 0 Å². The Labute approximate surface area is 129 Å². The highest BCUT2D eigenvalue weighted by Gasteiger charge is 2.20. The Morgan fingerprint density at radius 3 is 2.35 bits per heavy atom. The maximum Gasteiger partial charge on any atom is 0.258 e. The molecule has 120 valence electrons. The number of carbonyl (C=O) groups is 2. The van der Waals surface area contributed by atoms with E-state index in [2.05, 4.69) is 5.32 Å². The predicted molar refractivity (Wildman–Crippen MR) is 77.3 cm³/mol. The van der Waals surface area contributed by atoms with E-state index in [1.165, 1.54) is 32.2 Å². The van der Waals surface area contributed by atoms with Crippen molar-refractivity contribution in [2.75, 3.05) is 12.4 Å². The largest absolute Gasteiger partial charge is 0.495 e. The monoisotopic (exact) mass is 323 g/mol. The van der Waals surface area contributed by atoms with Crippen LogP contribution in [0.1, 0.15) is 27.6 Å². The van der Waals surface area contributed by atoms with Crippen LogP contribution < -0.4 is 10.1 Å². The first kappa shape index (κ1) is 16.5. The van der Waals surface area contributed by atoms with Crippen LogP contribution in [-0.4, -0.2) is 18.8 Å². The second-order valence-electron chi connectivity index (χ2n) is 4.65. The van der Waals surface area contributed by atoms with Crippen LogP contribution in [0.2, 0.25) is 0 Å². The van der Waals surface area contributed by atoms with Crippen molar-refractivity contribution in [3.8, 4) is 5.75 Å². The number of hydrogen-bond donors (Lipinski definition) is 1. The molecule has 23 heavy (non-hydrogen) atoms. The van der Waals surface area contributed by atoms with E-state index < -0.39 is 28.9 Å². The molecule has 2 rings (SSSR count). The van der Waals surface area contributed by atoms with Crippen molar-refractivity contribution in [2.24, 2.45) is 0 Å². The molecule has 7 heteroatoms. The molecular formula is C16H12F3NO3. The van der Waals surface area contributed by atoms with Gasteiger partial charge in [0.2, 0.25) is 0 Å². The van der Waals surface area contributed by atoms with E-state index in [0.29, 0.717) is 11.6 Å². The summed E-state index contributed by atoms with van der Waals surface area (Å²) in [6.45, 7) is 1.34. The van der Waals surface area contributed by atoms with Gasteiger partial charge in [-0.2, -0.15) is 0 Å². The number of Topliss-reactive ketones (excluding diaryl/α,β-unsaturated/α-hetero) is 1. The average Bonchev–Trinajstić information content (AvgIpc) is 2.52. The molecule has 0 heterocycles. The summed E-state index contributed by atoms with van der Waals surface area (Å²) in [7, 11) is 1.34. The molecule has 2 aromatic carbocycles. The minimum absolute atomic E-state index is 0.106. The van der Waals surface area contributed by atoms with Gasteiger partial charge < -0.3 is 10.1 Å². The highest BCUT2D eigenvalue weighted by molar-refractivity contribution is 6.06. The first-order chi connectivity index (χ1) is 10.8. The van der Waals surface area contributed by atoms with Crippen LogP contribution in [0.15, 0.2) is 30.3 Å². The number of benzene rings is 2. The molecule has 4 nitrogen and oxygen atoms in total. The summed E-state index contributed by atoms with van der Waals surface area (Å²) in [5, 5.41) is 2.32. The molecule has 0 radical (unpaired) electrons. The maximum atomic E-state index is 13.6. The lowest BCUT2D eigenvalue weighted by molar-refractivity contribution is 0.100. The first-order valence-corrected chi connectivity index (χ1v) is 6.49. The summed E-state index contributed by atoms with van der Waals surface area (Å²) in [6, 6.07) is 5.76. The number of rotatable bonds is 4. The van der Waals surface area contributed by atoms with Gasteiger partial charge in [-0.25, -0.2) is 13.2 Å². The SMILES string of the molecule is COc1ccc(C(C)=O)cc1NC(=O)c1ccc(F)c(F)c1F. The fourth-order valence-electron chi connectivity index (χ4n) is 1.92. The Balaban J connectivity index is 2.39. The predicted octanol–water partition coefficient (Wildman–Crippen LogP) is 3.57. The van der Waals surface area contributed by atoms with E-state index in [0.717, 1.165) is 6.07 Å². The van der Waals surface area contributed by atoms with Crippen molar-refractivity contribution in [1.82, 2.24) is 0 Å². The third kappa shape index (κ3) is 3.33. The van der Waals surface area contributed by atoms with Crippen LogP contribution in [0.4, 0.5) is 18.9 Å². The van der Waals surface area contributed by atoms with E-state index in [1.54, 1.807) is 0 Å². The van der Waals surface area contributed by atoms with E-state index in [9.17, 15) is 22.8 Å². The molecule has 2 aromatic rings. The molecule has 0 atom stereocenters. The topological polar surface area (TPSA) is 55.4 Å². The molecule has 0 aliphatic carbocycles. The van der Waals surface area contributed by atoms with E-state index in [1.807, 2.05) is 0 Å². The third-order valence-electron chi connectivity index (χ3n) is 3.13. The van der Waals surface area contributed by atoms with Crippen LogP contribution >= 0.6 is 0 Å². The van der Waals surface area contributed by atoms with Gasteiger partial charge in [-0.15, -0.1) is 0 Å². The summed E-state index contributed by atoms with van der Waals surface area (Å²) in [5.41, 5.74) is -0.264. The zero-order valence-electron chi connectivity index (χ0n) is 12.2. The summed E-state index contributed by atoms with van der Waals surface area (Å²) >= 11 is 0. The number of carbonyl (C=O) groups excluding carboxylic acids is 2. The van der Waals surface area contributed by atoms with E-state index >= 15 is 0 Å². The van der Waals surface area contributed by atoms with Crippen molar-refractivity contribution in [3.63, 3.8) is 0 Å². The normalized spacial score (nSPS) is 10.3. The van der Waals surface area contributed by atoms with Gasteiger partial charge in [0, 0.05) is 5.56 Å². The summed E-state index contributed by atoms with van der Waals surface area (Å²) < 4.78 is 44.8. The Bertz CT molecular complexity index is 790. The number of anilines is 1. The number of methoxy groups -OCH3 is 1. The lowest BCUT2D eigenvalue weighted by Crippen LogP contribution is -2.16. The van der Waals surface area contributed by atoms with Crippen LogP contribution in [0, 0.1) is 17.5 Å². The van der Waals surface area contributed by atoms with Crippen molar-refractivity contribution in [2.45, 2.75) is 6.92 Å². The Morgan fingerprint density at radius 2 is 1.74 bits per heavy atom. The van der Waals surface area contributed by atoms with Gasteiger partial charge in [0.1, 0.15) is 5.75 Å². The third-order valence-corrected chi connectivity index (χ3v) is 3.13. The Morgan fingerprint density at radius 1 is 1.04 bits per heavy atom. The van der Waals surface area contributed by atoms with Gasteiger partial charge in [0.25, 0.3) is 5.91 Å². The molecule has 1 amide bonds. The smallest absolute Gasteiger partial charge is 0.258 e.